The van der Waals surface area contributed by atoms with E-state index >= 15 is 0 Å². The molecule has 3 N–H and O–H groups in total. The van der Waals surface area contributed by atoms with Crippen molar-refractivity contribution in [3.05, 3.63) is 60.2 Å². The van der Waals surface area contributed by atoms with E-state index in [0.29, 0.717) is 17.7 Å². The van der Waals surface area contributed by atoms with E-state index in [2.05, 4.69) is 5.16 Å². The van der Waals surface area contributed by atoms with Crippen molar-refractivity contribution in [2.45, 2.75) is 18.0 Å². The van der Waals surface area contributed by atoms with Gasteiger partial charge >= 0.3 is 12.4 Å². The van der Waals surface area contributed by atoms with Crippen LogP contribution in [0.2, 0.25) is 0 Å². The lowest BCUT2D eigenvalue weighted by Gasteiger charge is -2.32. The molecular weight excluding hydrogens is 390 g/mol. The molecule has 0 amide bonds. The molecule has 0 atom stereocenters. The summed E-state index contributed by atoms with van der Waals surface area (Å²) in [7, 11) is 0. The van der Waals surface area contributed by atoms with Crippen LogP contribution >= 0.6 is 0 Å². The maximum Gasteiger partial charge on any atom is 0.430 e. The molecule has 0 aliphatic carbocycles. The molecule has 28 heavy (non-hydrogen) atoms. The number of anilines is 1. The van der Waals surface area contributed by atoms with Crippen molar-refractivity contribution in [2.24, 2.45) is 0 Å². The average Bonchev–Trinajstić information content (AvgIpc) is 3.01. The van der Waals surface area contributed by atoms with Crippen LogP contribution in [0.25, 0.3) is 22.4 Å². The van der Waals surface area contributed by atoms with E-state index in [1.807, 2.05) is 0 Å². The topological polar surface area (TPSA) is 72.3 Å². The van der Waals surface area contributed by atoms with Crippen molar-refractivity contribution in [1.29, 1.82) is 0 Å². The minimum atomic E-state index is -5.96. The minimum Gasteiger partial charge on any atom is -0.369 e. The van der Waals surface area contributed by atoms with Gasteiger partial charge in [-0.05, 0) is 5.56 Å². The Kier molecular flexibility index (Phi) is 4.62. The lowest BCUT2D eigenvalue weighted by molar-refractivity contribution is -0.376. The molecule has 0 aliphatic heterocycles. The predicted octanol–water partition coefficient (Wildman–Crippen LogP) is 4.90. The lowest BCUT2D eigenvalue weighted by atomic mass is 9.90. The molecule has 3 rings (SSSR count). The monoisotopic (exact) mass is 402 g/mol. The van der Waals surface area contributed by atoms with Crippen LogP contribution in [-0.2, 0) is 5.60 Å². The first-order chi connectivity index (χ1) is 13.0. The number of benzene rings is 2. The molecule has 0 unspecified atom stereocenters. The quantitative estimate of drug-likeness (QED) is 0.611. The molecule has 0 radical (unpaired) electrons. The van der Waals surface area contributed by atoms with Crippen LogP contribution in [0.4, 0.5) is 32.2 Å². The number of nitrogens with two attached hydrogens (primary N) is 1. The Morgan fingerprint density at radius 1 is 0.786 bits per heavy atom. The van der Waals surface area contributed by atoms with Gasteiger partial charge in [0.25, 0.3) is 5.60 Å². The Hall–Kier alpha value is -3.01. The average molecular weight is 402 g/mol. The van der Waals surface area contributed by atoms with Gasteiger partial charge in [-0.25, -0.2) is 0 Å². The summed E-state index contributed by atoms with van der Waals surface area (Å²) in [6.45, 7) is 0. The van der Waals surface area contributed by atoms with Crippen molar-refractivity contribution in [1.82, 2.24) is 5.16 Å². The third-order valence-electron chi connectivity index (χ3n) is 4.18. The standard InChI is InChI=1S/C18H12F6N2O2/c19-17(20,21)16(27,18(22,23)24)12-8-6-10(7-9-12)13-14(26-28-15(13)25)11-4-2-1-3-5-11/h1-9,27H,25H2. The fourth-order valence-corrected chi connectivity index (χ4v) is 2.74. The molecule has 3 aromatic rings. The van der Waals surface area contributed by atoms with E-state index in [0.717, 1.165) is 12.1 Å². The normalized spacial score (nSPS) is 13.0. The Labute approximate surface area is 154 Å². The summed E-state index contributed by atoms with van der Waals surface area (Å²) >= 11 is 0. The van der Waals surface area contributed by atoms with E-state index < -0.39 is 23.5 Å². The fourth-order valence-electron chi connectivity index (χ4n) is 2.74. The summed E-state index contributed by atoms with van der Waals surface area (Å²) in [6, 6.07) is 11.6. The van der Waals surface area contributed by atoms with Crippen LogP contribution in [0.3, 0.4) is 0 Å². The van der Waals surface area contributed by atoms with Crippen LogP contribution < -0.4 is 5.73 Å². The summed E-state index contributed by atoms with van der Waals surface area (Å²) < 4.78 is 82.9. The smallest absolute Gasteiger partial charge is 0.369 e. The van der Waals surface area contributed by atoms with Crippen LogP contribution in [0.1, 0.15) is 5.56 Å². The number of alkyl halides is 6. The second-order valence-electron chi connectivity index (χ2n) is 5.92. The molecule has 1 heterocycles. The summed E-state index contributed by atoms with van der Waals surface area (Å²) in [4.78, 5) is 0. The molecule has 2 aromatic carbocycles. The van der Waals surface area contributed by atoms with E-state index in [1.54, 1.807) is 30.3 Å². The second kappa shape index (κ2) is 6.55. The number of rotatable bonds is 3. The number of nitrogens with zero attached hydrogens (tertiary/aromatic N) is 1. The van der Waals surface area contributed by atoms with E-state index in [4.69, 9.17) is 10.3 Å². The van der Waals surface area contributed by atoms with Gasteiger partial charge in [0.1, 0.15) is 5.69 Å². The molecule has 10 heteroatoms. The van der Waals surface area contributed by atoms with Gasteiger partial charge in [-0.3, -0.25) is 0 Å². The minimum absolute atomic E-state index is 0.159. The first-order valence-electron chi connectivity index (χ1n) is 7.74. The lowest BCUT2D eigenvalue weighted by Crippen LogP contribution is -2.53. The first kappa shape index (κ1) is 19.7. The van der Waals surface area contributed by atoms with Crippen LogP contribution in [-0.4, -0.2) is 22.6 Å². The van der Waals surface area contributed by atoms with Gasteiger partial charge in [0, 0.05) is 11.1 Å². The molecule has 4 nitrogen and oxygen atoms in total. The third-order valence-corrected chi connectivity index (χ3v) is 4.18. The van der Waals surface area contributed by atoms with Crippen molar-refractivity contribution in [3.63, 3.8) is 0 Å². The highest BCUT2D eigenvalue weighted by molar-refractivity contribution is 5.86. The molecule has 0 bridgehead atoms. The Balaban J connectivity index is 2.09. The number of nitrogen functional groups attached to an aromatic ring is 1. The van der Waals surface area contributed by atoms with Crippen LogP contribution in [0, 0.1) is 0 Å². The molecule has 1 aromatic heterocycles. The number of hydrogen-bond donors (Lipinski definition) is 2. The zero-order chi connectivity index (χ0) is 20.7. The molecular formula is C18H12F6N2O2. The van der Waals surface area contributed by atoms with Gasteiger partial charge in [-0.2, -0.15) is 26.3 Å². The Bertz CT molecular complexity index is 948. The highest BCUT2D eigenvalue weighted by Gasteiger charge is 2.71. The van der Waals surface area contributed by atoms with Gasteiger partial charge in [0.15, 0.2) is 0 Å². The summed E-state index contributed by atoms with van der Waals surface area (Å²) in [5.74, 6) is -0.159. The van der Waals surface area contributed by atoms with E-state index in [-0.39, 0.29) is 22.7 Å². The molecule has 0 fully saturated rings. The predicted molar refractivity (Wildman–Crippen MR) is 87.8 cm³/mol. The van der Waals surface area contributed by atoms with Crippen LogP contribution in [0.15, 0.2) is 59.1 Å². The molecule has 0 saturated heterocycles. The maximum absolute atomic E-state index is 13.0. The highest BCUT2D eigenvalue weighted by atomic mass is 19.4. The number of aromatic nitrogens is 1. The van der Waals surface area contributed by atoms with Crippen molar-refractivity contribution in [2.75, 3.05) is 5.73 Å². The van der Waals surface area contributed by atoms with Gasteiger partial charge in [-0.15, -0.1) is 0 Å². The van der Waals surface area contributed by atoms with Gasteiger partial charge < -0.3 is 15.4 Å². The highest BCUT2D eigenvalue weighted by Crippen LogP contribution is 2.50. The zero-order valence-corrected chi connectivity index (χ0v) is 13.8. The molecule has 148 valence electrons. The summed E-state index contributed by atoms with van der Waals surface area (Å²) in [5.41, 5.74) is 0.608. The zero-order valence-electron chi connectivity index (χ0n) is 13.8. The van der Waals surface area contributed by atoms with Gasteiger partial charge in [0.2, 0.25) is 5.88 Å². The molecule has 0 aliphatic rings. The number of halogens is 6. The van der Waals surface area contributed by atoms with E-state index in [1.165, 1.54) is 0 Å². The summed E-state index contributed by atoms with van der Waals surface area (Å²) in [6.07, 6.45) is -11.9. The van der Waals surface area contributed by atoms with Gasteiger partial charge in [-0.1, -0.05) is 59.8 Å². The Morgan fingerprint density at radius 2 is 1.32 bits per heavy atom. The van der Waals surface area contributed by atoms with Crippen molar-refractivity contribution in [3.8, 4) is 22.4 Å². The van der Waals surface area contributed by atoms with Crippen molar-refractivity contribution < 1.29 is 36.0 Å². The largest absolute Gasteiger partial charge is 0.430 e. The third kappa shape index (κ3) is 3.09. The van der Waals surface area contributed by atoms with Crippen molar-refractivity contribution >= 4 is 5.88 Å². The number of aliphatic hydroxyl groups is 1. The number of hydrogen-bond acceptors (Lipinski definition) is 4. The SMILES string of the molecule is Nc1onc(-c2ccccc2)c1-c1ccc(C(O)(C(F)(F)F)C(F)(F)F)cc1. The summed E-state index contributed by atoms with van der Waals surface area (Å²) in [5, 5.41) is 13.3. The van der Waals surface area contributed by atoms with E-state index in [9.17, 15) is 31.4 Å². The molecule has 0 spiro atoms. The van der Waals surface area contributed by atoms with Gasteiger partial charge in [0.05, 0.1) is 5.56 Å². The van der Waals surface area contributed by atoms with Crippen LogP contribution in [0.5, 0.6) is 0 Å². The molecule has 0 saturated carbocycles. The fraction of sp³-hybridized carbons (Fsp3) is 0.167. The maximum atomic E-state index is 13.0. The first-order valence-corrected chi connectivity index (χ1v) is 7.74. The second-order valence-corrected chi connectivity index (χ2v) is 5.92. The Morgan fingerprint density at radius 3 is 1.82 bits per heavy atom.